The zero-order chi connectivity index (χ0) is 16.8. The molecule has 120 valence electrons. The van der Waals surface area contributed by atoms with Gasteiger partial charge >= 0.3 is 0 Å². The van der Waals surface area contributed by atoms with Crippen LogP contribution in [0.15, 0.2) is 48.5 Å². The van der Waals surface area contributed by atoms with Crippen LogP contribution in [0.5, 0.6) is 0 Å². The predicted octanol–water partition coefficient (Wildman–Crippen LogP) is 3.01. The highest BCUT2D eigenvalue weighted by atomic mass is 32.1. The van der Waals surface area contributed by atoms with Crippen LogP contribution in [0.3, 0.4) is 0 Å². The molecule has 0 aliphatic rings. The number of hydrogen-bond donors (Lipinski definition) is 2. The van der Waals surface area contributed by atoms with Gasteiger partial charge < -0.3 is 15.5 Å². The van der Waals surface area contributed by atoms with Crippen LogP contribution in [0.1, 0.15) is 15.9 Å². The van der Waals surface area contributed by atoms with Crippen molar-refractivity contribution in [2.45, 2.75) is 6.54 Å². The van der Waals surface area contributed by atoms with Crippen molar-refractivity contribution in [3.05, 3.63) is 65.5 Å². The number of carbonyl (C=O) groups excluding carboxylic acids is 1. The molecular formula is C17H18FN3OS. The van der Waals surface area contributed by atoms with Crippen molar-refractivity contribution in [3.8, 4) is 0 Å². The molecule has 0 aromatic heterocycles. The van der Waals surface area contributed by atoms with Crippen molar-refractivity contribution in [3.63, 3.8) is 0 Å². The van der Waals surface area contributed by atoms with Gasteiger partial charge in [-0.1, -0.05) is 12.1 Å². The lowest BCUT2D eigenvalue weighted by Crippen LogP contribution is -2.30. The third kappa shape index (κ3) is 4.75. The van der Waals surface area contributed by atoms with Crippen LogP contribution < -0.4 is 10.6 Å². The van der Waals surface area contributed by atoms with E-state index in [9.17, 15) is 9.18 Å². The maximum atomic E-state index is 12.9. The van der Waals surface area contributed by atoms with E-state index in [2.05, 4.69) is 10.6 Å². The minimum absolute atomic E-state index is 0.113. The van der Waals surface area contributed by atoms with E-state index < -0.39 is 0 Å². The lowest BCUT2D eigenvalue weighted by Gasteiger charge is -2.21. The number of benzene rings is 2. The topological polar surface area (TPSA) is 44.4 Å². The largest absolute Gasteiger partial charge is 0.355 e. The van der Waals surface area contributed by atoms with Crippen LogP contribution in [0.4, 0.5) is 10.1 Å². The SMILES string of the molecule is CNC(=O)c1ccc(CN(C)C(=S)Nc2ccc(F)cc2)cc1. The molecule has 0 radical (unpaired) electrons. The third-order valence-corrected chi connectivity index (χ3v) is 3.72. The Morgan fingerprint density at radius 1 is 1.13 bits per heavy atom. The summed E-state index contributed by atoms with van der Waals surface area (Å²) in [5.41, 5.74) is 2.38. The Bertz CT molecular complexity index is 686. The second-order valence-corrected chi connectivity index (χ2v) is 5.46. The molecule has 0 bridgehead atoms. The maximum Gasteiger partial charge on any atom is 0.251 e. The van der Waals surface area contributed by atoms with Crippen LogP contribution in [0.25, 0.3) is 0 Å². The molecule has 4 nitrogen and oxygen atoms in total. The molecule has 1 amide bonds. The Kier molecular flexibility index (Phi) is 5.65. The van der Waals surface area contributed by atoms with E-state index in [1.807, 2.05) is 24.1 Å². The lowest BCUT2D eigenvalue weighted by atomic mass is 10.1. The average Bonchev–Trinajstić information content (AvgIpc) is 2.56. The standard InChI is InChI=1S/C17H18FN3OS/c1-19-16(22)13-5-3-12(4-6-13)11-21(2)17(23)20-15-9-7-14(18)8-10-15/h3-10H,11H2,1-2H3,(H,19,22)(H,20,23). The van der Waals surface area contributed by atoms with Crippen molar-refractivity contribution < 1.29 is 9.18 Å². The van der Waals surface area contributed by atoms with Crippen molar-refractivity contribution in [1.29, 1.82) is 0 Å². The van der Waals surface area contributed by atoms with E-state index in [0.717, 1.165) is 11.3 Å². The highest BCUT2D eigenvalue weighted by molar-refractivity contribution is 7.80. The summed E-state index contributed by atoms with van der Waals surface area (Å²) in [4.78, 5) is 13.4. The van der Waals surface area contributed by atoms with E-state index in [0.29, 0.717) is 17.2 Å². The number of nitrogens with zero attached hydrogens (tertiary/aromatic N) is 1. The van der Waals surface area contributed by atoms with E-state index >= 15 is 0 Å². The fraction of sp³-hybridized carbons (Fsp3) is 0.176. The monoisotopic (exact) mass is 331 g/mol. The number of amides is 1. The molecular weight excluding hydrogens is 313 g/mol. The predicted molar refractivity (Wildman–Crippen MR) is 93.9 cm³/mol. The number of carbonyl (C=O) groups is 1. The lowest BCUT2D eigenvalue weighted by molar-refractivity contribution is 0.0963. The number of thiocarbonyl (C=S) groups is 1. The summed E-state index contributed by atoms with van der Waals surface area (Å²) in [6, 6.07) is 13.4. The number of halogens is 1. The normalized spacial score (nSPS) is 10.0. The third-order valence-electron chi connectivity index (χ3n) is 3.31. The van der Waals surface area contributed by atoms with Crippen LogP contribution >= 0.6 is 12.2 Å². The first-order chi connectivity index (χ1) is 11.0. The molecule has 0 unspecified atom stereocenters. The van der Waals surface area contributed by atoms with Crippen LogP contribution in [0, 0.1) is 5.82 Å². The van der Waals surface area contributed by atoms with Gasteiger partial charge in [0.05, 0.1) is 0 Å². The first-order valence-electron chi connectivity index (χ1n) is 7.08. The zero-order valence-corrected chi connectivity index (χ0v) is 13.8. The molecule has 23 heavy (non-hydrogen) atoms. The second kappa shape index (κ2) is 7.69. The van der Waals surface area contributed by atoms with Gasteiger partial charge in [0, 0.05) is 31.9 Å². The van der Waals surface area contributed by atoms with Gasteiger partial charge in [0.15, 0.2) is 5.11 Å². The summed E-state index contributed by atoms with van der Waals surface area (Å²) in [5.74, 6) is -0.399. The van der Waals surface area contributed by atoms with E-state index in [4.69, 9.17) is 12.2 Å². The second-order valence-electron chi connectivity index (χ2n) is 5.07. The number of rotatable bonds is 4. The zero-order valence-electron chi connectivity index (χ0n) is 13.0. The Hall–Kier alpha value is -2.47. The van der Waals surface area contributed by atoms with Gasteiger partial charge in [-0.25, -0.2) is 4.39 Å². The number of anilines is 1. The van der Waals surface area contributed by atoms with Crippen molar-refractivity contribution in [2.75, 3.05) is 19.4 Å². The van der Waals surface area contributed by atoms with Gasteiger partial charge in [-0.2, -0.15) is 0 Å². The van der Waals surface area contributed by atoms with E-state index in [1.165, 1.54) is 12.1 Å². The molecule has 2 aromatic carbocycles. The molecule has 0 spiro atoms. The quantitative estimate of drug-likeness (QED) is 0.846. The highest BCUT2D eigenvalue weighted by Crippen LogP contribution is 2.11. The first-order valence-corrected chi connectivity index (χ1v) is 7.49. The fourth-order valence-electron chi connectivity index (χ4n) is 2.00. The Labute approximate surface area is 140 Å². The van der Waals surface area contributed by atoms with Crippen LogP contribution in [-0.4, -0.2) is 30.0 Å². The minimum atomic E-state index is -0.286. The van der Waals surface area contributed by atoms with Crippen molar-refractivity contribution >= 4 is 28.9 Å². The summed E-state index contributed by atoms with van der Waals surface area (Å²) in [5, 5.41) is 6.17. The molecule has 0 aliphatic heterocycles. The molecule has 0 saturated heterocycles. The van der Waals surface area contributed by atoms with Gasteiger partial charge in [0.25, 0.3) is 5.91 Å². The van der Waals surface area contributed by atoms with Gasteiger partial charge in [0.2, 0.25) is 0 Å². The minimum Gasteiger partial charge on any atom is -0.355 e. The van der Waals surface area contributed by atoms with E-state index in [-0.39, 0.29) is 11.7 Å². The Balaban J connectivity index is 1.95. The Morgan fingerprint density at radius 2 is 1.74 bits per heavy atom. The van der Waals surface area contributed by atoms with Crippen LogP contribution in [0.2, 0.25) is 0 Å². The number of nitrogens with one attached hydrogen (secondary N) is 2. The average molecular weight is 331 g/mol. The molecule has 2 aromatic rings. The molecule has 0 heterocycles. The van der Waals surface area contributed by atoms with Gasteiger partial charge in [-0.05, 0) is 54.2 Å². The fourth-order valence-corrected chi connectivity index (χ4v) is 2.19. The summed E-state index contributed by atoms with van der Waals surface area (Å²) in [6.45, 7) is 0.598. The highest BCUT2D eigenvalue weighted by Gasteiger charge is 2.07. The molecule has 0 saturated carbocycles. The maximum absolute atomic E-state index is 12.9. The summed E-state index contributed by atoms with van der Waals surface area (Å²) < 4.78 is 12.9. The molecule has 0 atom stereocenters. The first kappa shape index (κ1) is 16.9. The van der Waals surface area contributed by atoms with Crippen molar-refractivity contribution in [2.24, 2.45) is 0 Å². The van der Waals surface area contributed by atoms with Gasteiger partial charge in [-0.15, -0.1) is 0 Å². The van der Waals surface area contributed by atoms with Gasteiger partial charge in [-0.3, -0.25) is 4.79 Å². The van der Waals surface area contributed by atoms with Gasteiger partial charge in [0.1, 0.15) is 5.82 Å². The summed E-state index contributed by atoms with van der Waals surface area (Å²) >= 11 is 5.33. The molecule has 0 aliphatic carbocycles. The Morgan fingerprint density at radius 3 is 2.30 bits per heavy atom. The summed E-state index contributed by atoms with van der Waals surface area (Å²) in [6.07, 6.45) is 0. The molecule has 6 heteroatoms. The summed E-state index contributed by atoms with van der Waals surface area (Å²) in [7, 11) is 3.47. The number of hydrogen-bond acceptors (Lipinski definition) is 2. The molecule has 2 N–H and O–H groups in total. The van der Waals surface area contributed by atoms with Crippen molar-refractivity contribution in [1.82, 2.24) is 10.2 Å². The van der Waals surface area contributed by atoms with Crippen LogP contribution in [-0.2, 0) is 6.54 Å². The molecule has 2 rings (SSSR count). The smallest absolute Gasteiger partial charge is 0.251 e. The van der Waals surface area contributed by atoms with E-state index in [1.54, 1.807) is 31.3 Å². The molecule has 0 fully saturated rings.